The van der Waals surface area contributed by atoms with Gasteiger partial charge in [0.05, 0.1) is 27.2 Å². The number of hydrogen-bond acceptors (Lipinski definition) is 2. The molecule has 3 heteroatoms. The Morgan fingerprint density at radius 1 is 0.714 bits per heavy atom. The second-order valence-electron chi connectivity index (χ2n) is 6.91. The first-order valence-electron chi connectivity index (χ1n) is 9.83. The SMILES string of the molecule is CCCCCOc1ccc(S(=O)c2cccc3ccccc23)c2ccccc12. The van der Waals surface area contributed by atoms with Gasteiger partial charge in [0.1, 0.15) is 5.75 Å². The van der Waals surface area contributed by atoms with Crippen molar-refractivity contribution in [2.24, 2.45) is 0 Å². The van der Waals surface area contributed by atoms with E-state index in [4.69, 9.17) is 4.74 Å². The fourth-order valence-electron chi connectivity index (χ4n) is 3.54. The minimum Gasteiger partial charge on any atom is -0.493 e. The van der Waals surface area contributed by atoms with Crippen molar-refractivity contribution >= 4 is 32.3 Å². The second kappa shape index (κ2) is 8.57. The fourth-order valence-corrected chi connectivity index (χ4v) is 4.94. The number of fused-ring (bicyclic) bond motifs is 2. The number of benzene rings is 4. The van der Waals surface area contributed by atoms with Crippen LogP contribution < -0.4 is 4.74 Å². The lowest BCUT2D eigenvalue weighted by atomic mass is 10.1. The minimum atomic E-state index is -1.27. The highest BCUT2D eigenvalue weighted by atomic mass is 32.2. The Morgan fingerprint density at radius 2 is 1.39 bits per heavy atom. The summed E-state index contributed by atoms with van der Waals surface area (Å²) in [4.78, 5) is 1.67. The molecule has 0 radical (unpaired) electrons. The molecule has 4 rings (SSSR count). The predicted molar refractivity (Wildman–Crippen MR) is 118 cm³/mol. The first-order chi connectivity index (χ1) is 13.8. The van der Waals surface area contributed by atoms with Crippen LogP contribution in [0.25, 0.3) is 21.5 Å². The molecule has 0 bridgehead atoms. The molecule has 1 unspecified atom stereocenters. The zero-order valence-electron chi connectivity index (χ0n) is 16.1. The van der Waals surface area contributed by atoms with Crippen molar-refractivity contribution in [3.63, 3.8) is 0 Å². The van der Waals surface area contributed by atoms with Gasteiger partial charge in [0.15, 0.2) is 0 Å². The van der Waals surface area contributed by atoms with Crippen LogP contribution in [-0.4, -0.2) is 10.8 Å². The van der Waals surface area contributed by atoms with E-state index in [-0.39, 0.29) is 0 Å². The molecule has 4 aromatic carbocycles. The highest BCUT2D eigenvalue weighted by Crippen LogP contribution is 2.34. The summed E-state index contributed by atoms with van der Waals surface area (Å²) in [6, 6.07) is 26.1. The van der Waals surface area contributed by atoms with Crippen LogP contribution in [0.15, 0.2) is 88.7 Å². The summed E-state index contributed by atoms with van der Waals surface area (Å²) in [6.07, 6.45) is 3.39. The van der Waals surface area contributed by atoms with Gasteiger partial charge in [-0.05, 0) is 35.4 Å². The molecule has 0 amide bonds. The Morgan fingerprint density at radius 3 is 2.21 bits per heavy atom. The molecular formula is C25H24O2S. The quantitative estimate of drug-likeness (QED) is 0.328. The van der Waals surface area contributed by atoms with Crippen LogP contribution in [0.4, 0.5) is 0 Å². The van der Waals surface area contributed by atoms with Crippen molar-refractivity contribution in [2.45, 2.75) is 36.0 Å². The maximum Gasteiger partial charge on any atom is 0.127 e. The van der Waals surface area contributed by atoms with Crippen molar-refractivity contribution in [1.82, 2.24) is 0 Å². The molecule has 0 N–H and O–H groups in total. The highest BCUT2D eigenvalue weighted by molar-refractivity contribution is 7.85. The van der Waals surface area contributed by atoms with Crippen LogP contribution in [0.2, 0.25) is 0 Å². The van der Waals surface area contributed by atoms with Gasteiger partial charge in [-0.2, -0.15) is 0 Å². The van der Waals surface area contributed by atoms with Gasteiger partial charge in [0.2, 0.25) is 0 Å². The summed E-state index contributed by atoms with van der Waals surface area (Å²) in [7, 11) is -1.27. The Kier molecular flexibility index (Phi) is 5.73. The number of ether oxygens (including phenoxy) is 1. The molecule has 2 nitrogen and oxygen atoms in total. The Balaban J connectivity index is 1.76. The number of unbranched alkanes of at least 4 members (excludes halogenated alkanes) is 2. The molecule has 142 valence electrons. The average Bonchev–Trinajstić information content (AvgIpc) is 2.76. The van der Waals surface area contributed by atoms with Gasteiger partial charge < -0.3 is 4.74 Å². The van der Waals surface area contributed by atoms with E-state index >= 15 is 0 Å². The summed E-state index contributed by atoms with van der Waals surface area (Å²) in [5.74, 6) is 0.866. The van der Waals surface area contributed by atoms with Crippen molar-refractivity contribution in [2.75, 3.05) is 6.61 Å². The van der Waals surface area contributed by atoms with E-state index in [9.17, 15) is 4.21 Å². The van der Waals surface area contributed by atoms with E-state index in [2.05, 4.69) is 19.1 Å². The van der Waals surface area contributed by atoms with Crippen LogP contribution in [0.1, 0.15) is 26.2 Å². The van der Waals surface area contributed by atoms with Crippen LogP contribution in [0.3, 0.4) is 0 Å². The molecular weight excluding hydrogens is 364 g/mol. The van der Waals surface area contributed by atoms with Crippen molar-refractivity contribution in [3.05, 3.63) is 78.9 Å². The first kappa shape index (κ1) is 18.7. The van der Waals surface area contributed by atoms with E-state index < -0.39 is 10.8 Å². The van der Waals surface area contributed by atoms with E-state index in [0.29, 0.717) is 6.61 Å². The van der Waals surface area contributed by atoms with Crippen molar-refractivity contribution in [3.8, 4) is 5.75 Å². The maximum atomic E-state index is 13.6. The lowest BCUT2D eigenvalue weighted by Gasteiger charge is -2.13. The van der Waals surface area contributed by atoms with Crippen LogP contribution in [-0.2, 0) is 10.8 Å². The summed E-state index contributed by atoms with van der Waals surface area (Å²) < 4.78 is 19.6. The van der Waals surface area contributed by atoms with Gasteiger partial charge >= 0.3 is 0 Å². The molecule has 0 aliphatic carbocycles. The van der Waals surface area contributed by atoms with Crippen LogP contribution in [0, 0.1) is 0 Å². The van der Waals surface area contributed by atoms with Gasteiger partial charge in [-0.1, -0.05) is 80.4 Å². The van der Waals surface area contributed by atoms with Crippen LogP contribution in [0.5, 0.6) is 5.75 Å². The lowest BCUT2D eigenvalue weighted by Crippen LogP contribution is -2.00. The van der Waals surface area contributed by atoms with E-state index in [1.54, 1.807) is 0 Å². The predicted octanol–water partition coefficient (Wildman–Crippen LogP) is 6.73. The summed E-state index contributed by atoms with van der Waals surface area (Å²) in [5.41, 5.74) is 0. The van der Waals surface area contributed by atoms with Gasteiger partial charge in [-0.25, -0.2) is 4.21 Å². The zero-order valence-corrected chi connectivity index (χ0v) is 16.9. The smallest absolute Gasteiger partial charge is 0.127 e. The van der Waals surface area contributed by atoms with Gasteiger partial charge in [0.25, 0.3) is 0 Å². The van der Waals surface area contributed by atoms with Crippen molar-refractivity contribution < 1.29 is 8.95 Å². The molecule has 0 fully saturated rings. The molecule has 0 aliphatic heterocycles. The van der Waals surface area contributed by atoms with Crippen molar-refractivity contribution in [1.29, 1.82) is 0 Å². The topological polar surface area (TPSA) is 26.3 Å². The zero-order chi connectivity index (χ0) is 19.3. The largest absolute Gasteiger partial charge is 0.493 e. The first-order valence-corrected chi connectivity index (χ1v) is 11.0. The molecule has 0 heterocycles. The third kappa shape index (κ3) is 3.67. The third-order valence-corrected chi connectivity index (χ3v) is 6.51. The molecule has 0 aromatic heterocycles. The lowest BCUT2D eigenvalue weighted by molar-refractivity contribution is 0.309. The second-order valence-corrected chi connectivity index (χ2v) is 8.33. The maximum absolute atomic E-state index is 13.6. The molecule has 1 atom stereocenters. The fraction of sp³-hybridized carbons (Fsp3) is 0.200. The minimum absolute atomic E-state index is 0.712. The Labute approximate surface area is 168 Å². The van der Waals surface area contributed by atoms with Gasteiger partial charge in [-0.15, -0.1) is 0 Å². The molecule has 0 saturated carbocycles. The van der Waals surface area contributed by atoms with Gasteiger partial charge in [-0.3, -0.25) is 0 Å². The highest BCUT2D eigenvalue weighted by Gasteiger charge is 2.15. The summed E-state index contributed by atoms with van der Waals surface area (Å²) in [5, 5.41) is 4.15. The molecule has 0 saturated heterocycles. The average molecular weight is 389 g/mol. The van der Waals surface area contributed by atoms with E-state index in [1.807, 2.05) is 66.7 Å². The third-order valence-electron chi connectivity index (χ3n) is 5.00. The molecule has 0 spiro atoms. The van der Waals surface area contributed by atoms with E-state index in [0.717, 1.165) is 43.5 Å². The molecule has 0 aliphatic rings. The Hall–Kier alpha value is -2.65. The normalized spacial score (nSPS) is 12.3. The monoisotopic (exact) mass is 388 g/mol. The Bertz CT molecular complexity index is 1130. The van der Waals surface area contributed by atoms with Crippen LogP contribution >= 0.6 is 0 Å². The standard InChI is InChI=1S/C25H24O2S/c1-2-3-8-18-27-23-16-17-25(22-14-7-6-13-21(22)23)28(26)24-15-9-11-19-10-4-5-12-20(19)24/h4-7,9-17H,2-3,8,18H2,1H3. The number of rotatable bonds is 7. The summed E-state index contributed by atoms with van der Waals surface area (Å²) in [6.45, 7) is 2.90. The van der Waals surface area contributed by atoms with E-state index in [1.165, 1.54) is 12.8 Å². The summed E-state index contributed by atoms with van der Waals surface area (Å²) >= 11 is 0. The molecule has 4 aromatic rings. The number of hydrogen-bond donors (Lipinski definition) is 0. The van der Waals surface area contributed by atoms with Gasteiger partial charge in [0, 0.05) is 10.8 Å². The molecule has 28 heavy (non-hydrogen) atoms.